The molecule has 0 aliphatic carbocycles. The van der Waals surface area contributed by atoms with Gasteiger partial charge in [-0.05, 0) is 23.6 Å². The molecule has 0 fully saturated rings. The number of guanidine groups is 1. The van der Waals surface area contributed by atoms with Crippen LogP contribution in [-0.4, -0.2) is 26.6 Å². The van der Waals surface area contributed by atoms with Crippen LogP contribution in [0.5, 0.6) is 0 Å². The monoisotopic (exact) mass is 365 g/mol. The standard InChI is InChI=1S/C16H23N5O3S/c1-11(2)15-8-13(24-21-15)10-20-16(18-3)19-9-12-4-6-14(7-5-12)25(17,22)23/h4-8,11H,9-10H2,1-3H3,(H2,17,22,23)(H2,18,19,20). The van der Waals surface area contributed by atoms with Crippen molar-refractivity contribution in [1.82, 2.24) is 15.8 Å². The third-order valence-corrected chi connectivity index (χ3v) is 4.46. The van der Waals surface area contributed by atoms with Gasteiger partial charge in [-0.1, -0.05) is 31.1 Å². The first-order valence-corrected chi connectivity index (χ1v) is 9.36. The van der Waals surface area contributed by atoms with Crippen LogP contribution in [0.1, 0.15) is 36.8 Å². The zero-order valence-electron chi connectivity index (χ0n) is 14.5. The van der Waals surface area contributed by atoms with E-state index in [2.05, 4.69) is 34.6 Å². The fourth-order valence-electron chi connectivity index (χ4n) is 2.06. The van der Waals surface area contributed by atoms with Crippen molar-refractivity contribution >= 4 is 16.0 Å². The minimum absolute atomic E-state index is 0.0880. The summed E-state index contributed by atoms with van der Waals surface area (Å²) < 4.78 is 27.7. The highest BCUT2D eigenvalue weighted by Crippen LogP contribution is 2.13. The van der Waals surface area contributed by atoms with Crippen molar-refractivity contribution in [2.75, 3.05) is 7.05 Å². The fraction of sp³-hybridized carbons (Fsp3) is 0.375. The van der Waals surface area contributed by atoms with Gasteiger partial charge in [0.05, 0.1) is 17.1 Å². The molecular weight excluding hydrogens is 342 g/mol. The molecule has 4 N–H and O–H groups in total. The first-order valence-electron chi connectivity index (χ1n) is 7.81. The Balaban J connectivity index is 1.87. The Hall–Kier alpha value is -2.39. The molecule has 136 valence electrons. The van der Waals surface area contributed by atoms with Gasteiger partial charge in [-0.15, -0.1) is 0 Å². The lowest BCUT2D eigenvalue weighted by Gasteiger charge is -2.11. The number of aliphatic imine (C=N–C) groups is 1. The Morgan fingerprint density at radius 2 is 1.88 bits per heavy atom. The van der Waals surface area contributed by atoms with Crippen LogP contribution >= 0.6 is 0 Å². The molecule has 0 radical (unpaired) electrons. The van der Waals surface area contributed by atoms with E-state index in [0.29, 0.717) is 25.0 Å². The van der Waals surface area contributed by atoms with E-state index in [1.807, 2.05) is 6.07 Å². The van der Waals surface area contributed by atoms with Crippen molar-refractivity contribution in [2.24, 2.45) is 10.1 Å². The van der Waals surface area contributed by atoms with E-state index >= 15 is 0 Å². The van der Waals surface area contributed by atoms with E-state index in [1.54, 1.807) is 19.2 Å². The number of nitrogens with one attached hydrogen (secondary N) is 2. The van der Waals surface area contributed by atoms with Gasteiger partial charge < -0.3 is 15.2 Å². The number of hydrogen-bond donors (Lipinski definition) is 3. The summed E-state index contributed by atoms with van der Waals surface area (Å²) in [6.07, 6.45) is 0. The fourth-order valence-corrected chi connectivity index (χ4v) is 2.57. The molecule has 8 nitrogen and oxygen atoms in total. The highest BCUT2D eigenvalue weighted by Gasteiger charge is 2.09. The summed E-state index contributed by atoms with van der Waals surface area (Å²) >= 11 is 0. The van der Waals surface area contributed by atoms with Gasteiger partial charge in [-0.3, -0.25) is 4.99 Å². The third-order valence-electron chi connectivity index (χ3n) is 3.53. The van der Waals surface area contributed by atoms with Crippen molar-refractivity contribution in [3.05, 3.63) is 47.3 Å². The zero-order chi connectivity index (χ0) is 18.4. The predicted molar refractivity (Wildman–Crippen MR) is 95.4 cm³/mol. The van der Waals surface area contributed by atoms with Crippen LogP contribution in [0.4, 0.5) is 0 Å². The summed E-state index contributed by atoms with van der Waals surface area (Å²) in [5, 5.41) is 15.4. The molecule has 1 aromatic heterocycles. The molecule has 0 saturated heterocycles. The molecule has 2 rings (SSSR count). The molecule has 0 atom stereocenters. The largest absolute Gasteiger partial charge is 0.359 e. The van der Waals surface area contributed by atoms with Crippen LogP contribution in [0.3, 0.4) is 0 Å². The first-order chi connectivity index (χ1) is 11.8. The number of rotatable bonds is 6. The molecule has 0 aliphatic heterocycles. The second-order valence-corrected chi connectivity index (χ2v) is 7.40. The maximum absolute atomic E-state index is 11.2. The van der Waals surface area contributed by atoms with E-state index in [4.69, 9.17) is 9.66 Å². The Morgan fingerprint density at radius 3 is 2.40 bits per heavy atom. The lowest BCUT2D eigenvalue weighted by molar-refractivity contribution is 0.372. The highest BCUT2D eigenvalue weighted by atomic mass is 32.2. The van der Waals surface area contributed by atoms with Gasteiger partial charge in [-0.2, -0.15) is 0 Å². The normalized spacial score (nSPS) is 12.4. The van der Waals surface area contributed by atoms with Gasteiger partial charge in [0.2, 0.25) is 10.0 Å². The summed E-state index contributed by atoms with van der Waals surface area (Å²) in [6.45, 7) is 5.05. The molecule has 0 unspecified atom stereocenters. The number of aromatic nitrogens is 1. The maximum Gasteiger partial charge on any atom is 0.238 e. The predicted octanol–water partition coefficient (Wildman–Crippen LogP) is 1.31. The number of benzene rings is 1. The Kier molecular flexibility index (Phi) is 6.16. The summed E-state index contributed by atoms with van der Waals surface area (Å²) in [5.74, 6) is 1.64. The topological polar surface area (TPSA) is 123 Å². The Bertz CT molecular complexity index is 826. The molecule has 1 heterocycles. The molecule has 2 aromatic rings. The second-order valence-electron chi connectivity index (χ2n) is 5.84. The average molecular weight is 365 g/mol. The number of primary sulfonamides is 1. The second kappa shape index (κ2) is 8.13. The lowest BCUT2D eigenvalue weighted by atomic mass is 10.1. The van der Waals surface area contributed by atoms with E-state index in [1.165, 1.54) is 12.1 Å². The zero-order valence-corrected chi connectivity index (χ0v) is 15.3. The highest BCUT2D eigenvalue weighted by molar-refractivity contribution is 7.89. The average Bonchev–Trinajstić information content (AvgIpc) is 3.04. The quantitative estimate of drug-likeness (QED) is 0.524. The molecule has 0 aliphatic rings. The van der Waals surface area contributed by atoms with Crippen molar-refractivity contribution in [1.29, 1.82) is 0 Å². The van der Waals surface area contributed by atoms with Crippen LogP contribution in [0.2, 0.25) is 0 Å². The number of hydrogen-bond acceptors (Lipinski definition) is 5. The summed E-state index contributed by atoms with van der Waals surface area (Å²) in [4.78, 5) is 4.22. The lowest BCUT2D eigenvalue weighted by Crippen LogP contribution is -2.36. The van der Waals surface area contributed by atoms with Crippen molar-refractivity contribution in [2.45, 2.75) is 37.8 Å². The molecular formula is C16H23N5O3S. The van der Waals surface area contributed by atoms with Crippen LogP contribution < -0.4 is 15.8 Å². The maximum atomic E-state index is 11.2. The first kappa shape index (κ1) is 18.9. The van der Waals surface area contributed by atoms with Gasteiger partial charge in [0.15, 0.2) is 11.7 Å². The van der Waals surface area contributed by atoms with E-state index in [-0.39, 0.29) is 4.90 Å². The molecule has 0 amide bonds. The van der Waals surface area contributed by atoms with Crippen LogP contribution in [0, 0.1) is 0 Å². The van der Waals surface area contributed by atoms with E-state index in [9.17, 15) is 8.42 Å². The SMILES string of the molecule is CN=C(NCc1ccc(S(N)(=O)=O)cc1)NCc1cc(C(C)C)no1. The van der Waals surface area contributed by atoms with Gasteiger partial charge in [0.25, 0.3) is 0 Å². The summed E-state index contributed by atoms with van der Waals surface area (Å²) in [6, 6.07) is 8.27. The van der Waals surface area contributed by atoms with Gasteiger partial charge in [-0.25, -0.2) is 13.6 Å². The summed E-state index contributed by atoms with van der Waals surface area (Å²) in [5.41, 5.74) is 1.81. The molecule has 25 heavy (non-hydrogen) atoms. The molecule has 9 heteroatoms. The van der Waals surface area contributed by atoms with Crippen LogP contribution in [-0.2, 0) is 23.1 Å². The third kappa shape index (κ3) is 5.57. The smallest absolute Gasteiger partial charge is 0.238 e. The van der Waals surface area contributed by atoms with Crippen molar-refractivity contribution in [3.63, 3.8) is 0 Å². The minimum atomic E-state index is -3.67. The van der Waals surface area contributed by atoms with Crippen molar-refractivity contribution < 1.29 is 12.9 Å². The molecule has 0 bridgehead atoms. The van der Waals surface area contributed by atoms with Gasteiger partial charge >= 0.3 is 0 Å². The minimum Gasteiger partial charge on any atom is -0.359 e. The van der Waals surface area contributed by atoms with E-state index in [0.717, 1.165) is 17.0 Å². The van der Waals surface area contributed by atoms with Crippen LogP contribution in [0.15, 0.2) is 44.7 Å². The number of nitrogens with zero attached hydrogens (tertiary/aromatic N) is 2. The van der Waals surface area contributed by atoms with Crippen molar-refractivity contribution in [3.8, 4) is 0 Å². The van der Waals surface area contributed by atoms with Gasteiger partial charge in [0.1, 0.15) is 0 Å². The Labute approximate surface area is 147 Å². The van der Waals surface area contributed by atoms with Crippen LogP contribution in [0.25, 0.3) is 0 Å². The molecule has 1 aromatic carbocycles. The Morgan fingerprint density at radius 1 is 1.24 bits per heavy atom. The van der Waals surface area contributed by atoms with E-state index < -0.39 is 10.0 Å². The molecule has 0 spiro atoms. The number of sulfonamides is 1. The van der Waals surface area contributed by atoms with Gasteiger partial charge in [0, 0.05) is 19.7 Å². The summed E-state index contributed by atoms with van der Waals surface area (Å²) in [7, 11) is -2.01. The molecule has 0 saturated carbocycles. The number of nitrogens with two attached hydrogens (primary N) is 1.